The van der Waals surface area contributed by atoms with Gasteiger partial charge in [0.25, 0.3) is 5.91 Å². The summed E-state index contributed by atoms with van der Waals surface area (Å²) in [4.78, 5) is 56.8. The van der Waals surface area contributed by atoms with Gasteiger partial charge in [-0.15, -0.1) is 0 Å². The van der Waals surface area contributed by atoms with Crippen molar-refractivity contribution >= 4 is 23.4 Å². The van der Waals surface area contributed by atoms with Crippen LogP contribution in [0.1, 0.15) is 138 Å². The number of ketones is 2. The monoisotopic (exact) mass is 840 g/mol. The van der Waals surface area contributed by atoms with Crippen LogP contribution in [0.2, 0.25) is 0 Å². The fourth-order valence-corrected chi connectivity index (χ4v) is 9.72. The number of aliphatic hydroxyl groups excluding tert-OH is 2. The third-order valence-corrected chi connectivity index (χ3v) is 13.6. The lowest BCUT2D eigenvalue weighted by Crippen LogP contribution is -2.54. The molecule has 2 saturated heterocycles. The summed E-state index contributed by atoms with van der Waals surface area (Å²) >= 11 is 0. The molecule has 2 bridgehead atoms. The van der Waals surface area contributed by atoms with Crippen molar-refractivity contribution in [3.63, 3.8) is 0 Å². The molecule has 2 unspecified atom stereocenters. The number of nitrogens with zero attached hydrogens (tertiary/aromatic N) is 1. The van der Waals surface area contributed by atoms with Crippen molar-refractivity contribution in [2.24, 2.45) is 29.6 Å². The highest BCUT2D eigenvalue weighted by molar-refractivity contribution is 6.38. The minimum Gasteiger partial charge on any atom is -0.461 e. The highest BCUT2D eigenvalue weighted by Crippen LogP contribution is 2.35. The molecule has 4 rings (SSSR count). The second-order valence-electron chi connectivity index (χ2n) is 18.7. The number of cyclic esters (lactones) is 1. The van der Waals surface area contributed by atoms with E-state index in [0.717, 1.165) is 49.7 Å². The van der Waals surface area contributed by atoms with Gasteiger partial charge in [-0.05, 0) is 132 Å². The third-order valence-electron chi connectivity index (χ3n) is 13.6. The van der Waals surface area contributed by atoms with Crippen LogP contribution in [-0.2, 0) is 38.1 Å². The summed E-state index contributed by atoms with van der Waals surface area (Å²) in [7, 11) is 3.29. The van der Waals surface area contributed by atoms with Crippen molar-refractivity contribution in [1.82, 2.24) is 4.90 Å². The van der Waals surface area contributed by atoms with Crippen LogP contribution < -0.4 is 0 Å². The minimum atomic E-state index is -0.886. The highest BCUT2D eigenvalue weighted by Gasteiger charge is 2.42. The second-order valence-corrected chi connectivity index (χ2v) is 18.7. The molecule has 1 saturated carbocycles. The van der Waals surface area contributed by atoms with Crippen molar-refractivity contribution in [1.29, 1.82) is 0 Å². The fraction of sp³-hybridized carbons (Fsp3) is 0.755. The smallest absolute Gasteiger partial charge is 0.329 e. The van der Waals surface area contributed by atoms with Crippen LogP contribution in [0.15, 0.2) is 47.6 Å². The standard InChI is InChI=1S/C49H77NO10/c1-31-15-10-9-11-16-33(3)45(57-7)29-38-17-14-19-44(59-38)47(54)48(55)50-24-13-12-18-39(50)49(56)60-43(36(6)27-37-21-22-40(51)46(28-37)58-8)23-20-32(2)26-35(5)42(53)30-41(52)34(4)25-31/h9-11,15-16,26,31-32,34,36-40,42-46,51,53H,12-14,17-25,27-30H2,1-8H3/b11-9?,15-10+,33-16?,35-26+/t31-,32+,34-,36-,37+,38?,39+,40-,42+,43+,44?,45+,46-/m1/s1. The van der Waals surface area contributed by atoms with E-state index in [1.807, 2.05) is 51.2 Å². The maximum absolute atomic E-state index is 14.2. The van der Waals surface area contributed by atoms with Crippen LogP contribution in [0.3, 0.4) is 0 Å². The number of rotatable bonds is 5. The highest BCUT2D eigenvalue weighted by atomic mass is 16.5. The number of ether oxygens (including phenoxy) is 4. The first-order chi connectivity index (χ1) is 28.6. The van der Waals surface area contributed by atoms with Crippen molar-refractivity contribution in [3.8, 4) is 0 Å². The van der Waals surface area contributed by atoms with E-state index in [1.54, 1.807) is 14.2 Å². The first kappa shape index (κ1) is 49.7. The number of allylic oxidation sites excluding steroid dienone is 6. The van der Waals surface area contributed by atoms with E-state index in [2.05, 4.69) is 26.8 Å². The quantitative estimate of drug-likeness (QED) is 0.160. The van der Waals surface area contributed by atoms with Gasteiger partial charge in [0.15, 0.2) is 0 Å². The zero-order valence-corrected chi connectivity index (χ0v) is 37.9. The van der Waals surface area contributed by atoms with Gasteiger partial charge in [-0.2, -0.15) is 0 Å². The van der Waals surface area contributed by atoms with Crippen LogP contribution in [0, 0.1) is 29.6 Å². The number of amides is 1. The van der Waals surface area contributed by atoms with Gasteiger partial charge in [0.05, 0.1) is 30.5 Å². The zero-order valence-electron chi connectivity index (χ0n) is 37.9. The van der Waals surface area contributed by atoms with Crippen LogP contribution >= 0.6 is 0 Å². The lowest BCUT2D eigenvalue weighted by Gasteiger charge is -2.38. The Hall–Kier alpha value is -2.96. The van der Waals surface area contributed by atoms with Crippen molar-refractivity contribution in [2.75, 3.05) is 20.8 Å². The lowest BCUT2D eigenvalue weighted by atomic mass is 9.78. The molecule has 1 amide bonds. The first-order valence-corrected chi connectivity index (χ1v) is 23.0. The van der Waals surface area contributed by atoms with Gasteiger partial charge in [-0.3, -0.25) is 14.4 Å². The summed E-state index contributed by atoms with van der Waals surface area (Å²) in [6, 6.07) is -0.866. The van der Waals surface area contributed by atoms with E-state index in [9.17, 15) is 29.4 Å². The van der Waals surface area contributed by atoms with E-state index in [1.165, 1.54) is 4.90 Å². The predicted molar refractivity (Wildman–Crippen MR) is 233 cm³/mol. The molecular weight excluding hydrogens is 763 g/mol. The Labute approximate surface area is 360 Å². The number of esters is 1. The van der Waals surface area contributed by atoms with Crippen molar-refractivity contribution in [2.45, 2.75) is 187 Å². The second kappa shape index (κ2) is 24.6. The molecule has 1 aliphatic carbocycles. The third kappa shape index (κ3) is 14.8. The molecule has 3 fully saturated rings. The summed E-state index contributed by atoms with van der Waals surface area (Å²) in [6.07, 6.45) is 17.8. The summed E-state index contributed by atoms with van der Waals surface area (Å²) < 4.78 is 24.2. The van der Waals surface area contributed by atoms with E-state index in [0.29, 0.717) is 57.9 Å². The molecular formula is C49H77NO10. The number of fused-ring (bicyclic) bond motifs is 3. The SMILES string of the molecule is CO[C@H]1CC2CCCC(O2)C(=O)C(=O)N2CCCC[C@H]2C(=O)O[C@H]([C@H](C)C[C@@H]2CC[C@@H](O)[C@H](OC)C2)CC[C@H](C)/C=C(\C)[C@@H](O)CC(=O)[C@H](C)C[C@H](C)/C=C/C=CC=C1C. The molecule has 11 nitrogen and oxygen atoms in total. The van der Waals surface area contributed by atoms with E-state index in [4.69, 9.17) is 18.9 Å². The molecule has 11 heteroatoms. The molecule has 3 aliphatic heterocycles. The molecule has 2 N–H and O–H groups in total. The Bertz CT molecular complexity index is 1530. The van der Waals surface area contributed by atoms with Gasteiger partial charge in [0, 0.05) is 39.5 Å². The average molecular weight is 840 g/mol. The Morgan fingerprint density at radius 1 is 0.817 bits per heavy atom. The van der Waals surface area contributed by atoms with E-state index in [-0.39, 0.29) is 60.1 Å². The molecule has 0 radical (unpaired) electrons. The summed E-state index contributed by atoms with van der Waals surface area (Å²) in [5, 5.41) is 21.6. The van der Waals surface area contributed by atoms with Crippen molar-refractivity contribution in [3.05, 3.63) is 47.6 Å². The normalized spacial score (nSPS) is 37.6. The number of hydrogen-bond acceptors (Lipinski definition) is 10. The molecule has 13 atom stereocenters. The minimum absolute atomic E-state index is 0.0253. The molecule has 0 spiro atoms. The van der Waals surface area contributed by atoms with Crippen LogP contribution in [-0.4, -0.2) is 108 Å². The molecule has 0 aromatic rings. The number of carbonyl (C=O) groups excluding carboxylic acids is 4. The van der Waals surface area contributed by atoms with Gasteiger partial charge >= 0.3 is 5.97 Å². The molecule has 0 aromatic carbocycles. The van der Waals surface area contributed by atoms with Gasteiger partial charge in [-0.25, -0.2) is 4.79 Å². The number of hydrogen-bond donors (Lipinski definition) is 2. The maximum Gasteiger partial charge on any atom is 0.329 e. The number of carbonyl (C=O) groups is 4. The van der Waals surface area contributed by atoms with E-state index < -0.39 is 48.1 Å². The van der Waals surface area contributed by atoms with Gasteiger partial charge < -0.3 is 34.1 Å². The molecule has 3 heterocycles. The maximum atomic E-state index is 14.2. The van der Waals surface area contributed by atoms with Crippen LogP contribution in [0.4, 0.5) is 0 Å². The first-order valence-electron chi connectivity index (χ1n) is 23.0. The van der Waals surface area contributed by atoms with E-state index >= 15 is 0 Å². The Morgan fingerprint density at radius 2 is 1.58 bits per heavy atom. The number of Topliss-reactive ketones (excluding diaryl/α,β-unsaturated/α-hetero) is 2. The van der Waals surface area contributed by atoms with Gasteiger partial charge in [0.1, 0.15) is 24.0 Å². The molecule has 0 aromatic heterocycles. The fourth-order valence-electron chi connectivity index (χ4n) is 9.72. The predicted octanol–water partition coefficient (Wildman–Crippen LogP) is 7.81. The molecule has 4 aliphatic rings. The summed E-state index contributed by atoms with van der Waals surface area (Å²) in [5.41, 5.74) is 1.74. The van der Waals surface area contributed by atoms with Crippen molar-refractivity contribution < 1.29 is 48.3 Å². The Balaban J connectivity index is 1.59. The lowest BCUT2D eigenvalue weighted by molar-refractivity contribution is -0.168. The number of methoxy groups -OCH3 is 2. The van der Waals surface area contributed by atoms with Gasteiger partial charge in [-0.1, -0.05) is 64.2 Å². The number of piperidine rings is 1. The summed E-state index contributed by atoms with van der Waals surface area (Å²) in [5.74, 6) is -1.50. The van der Waals surface area contributed by atoms with Crippen LogP contribution in [0.25, 0.3) is 0 Å². The molecule has 60 heavy (non-hydrogen) atoms. The zero-order chi connectivity index (χ0) is 43.9. The van der Waals surface area contributed by atoms with Gasteiger partial charge in [0.2, 0.25) is 5.78 Å². The van der Waals surface area contributed by atoms with Crippen LogP contribution in [0.5, 0.6) is 0 Å². The summed E-state index contributed by atoms with van der Waals surface area (Å²) in [6.45, 7) is 12.3. The molecule has 338 valence electrons. The Kier molecular flexibility index (Phi) is 20.4. The average Bonchev–Trinajstić information content (AvgIpc) is 3.23. The largest absolute Gasteiger partial charge is 0.461 e. The Morgan fingerprint density at radius 3 is 2.32 bits per heavy atom. The number of aliphatic hydroxyl groups is 2. The topological polar surface area (TPSA) is 149 Å².